The summed E-state index contributed by atoms with van der Waals surface area (Å²) in [6.07, 6.45) is 1.16. The molecule has 1 atom stereocenters. The second kappa shape index (κ2) is 10.6. The van der Waals surface area contributed by atoms with E-state index in [1.165, 1.54) is 36.4 Å². The minimum Gasteiger partial charge on any atom is -0.387 e. The number of thiophene rings is 1. The minimum atomic E-state index is -4.74. The molecule has 0 spiro atoms. The van der Waals surface area contributed by atoms with Crippen molar-refractivity contribution in [3.05, 3.63) is 51.5 Å². The van der Waals surface area contributed by atoms with Crippen molar-refractivity contribution in [3.8, 4) is 0 Å². The summed E-state index contributed by atoms with van der Waals surface area (Å²) < 4.78 is 37.5. The molecule has 4 nitrogen and oxygen atoms in total. The van der Waals surface area contributed by atoms with Crippen LogP contribution in [0.5, 0.6) is 0 Å². The first kappa shape index (κ1) is 23.2. The maximum Gasteiger partial charge on any atom is 0.429 e. The molecule has 0 bridgehead atoms. The van der Waals surface area contributed by atoms with Crippen LogP contribution in [0.1, 0.15) is 66.1 Å². The number of aromatic nitrogens is 1. The molecule has 29 heavy (non-hydrogen) atoms. The Morgan fingerprint density at radius 3 is 2.62 bits per heavy atom. The maximum atomic E-state index is 12.5. The molecular formula is C21H26F3N3OS. The van der Waals surface area contributed by atoms with E-state index in [1.807, 2.05) is 12.1 Å². The van der Waals surface area contributed by atoms with Crippen molar-refractivity contribution in [3.63, 3.8) is 0 Å². The molecule has 2 aromatic heterocycles. The Morgan fingerprint density at radius 1 is 1.17 bits per heavy atom. The number of rotatable bonds is 11. The predicted octanol–water partition coefficient (Wildman–Crippen LogP) is 5.88. The molecule has 158 valence electrons. The highest BCUT2D eigenvalue weighted by atomic mass is 32.1. The average molecular weight is 426 g/mol. The molecule has 2 rings (SSSR count). The molecule has 8 heteroatoms. The van der Waals surface area contributed by atoms with Crippen molar-refractivity contribution in [2.45, 2.75) is 64.1 Å². The van der Waals surface area contributed by atoms with E-state index in [1.54, 1.807) is 17.4 Å². The van der Waals surface area contributed by atoms with Crippen LogP contribution in [-0.2, 0) is 12.8 Å². The van der Waals surface area contributed by atoms with Gasteiger partial charge in [0.2, 0.25) is 0 Å². The van der Waals surface area contributed by atoms with Crippen LogP contribution >= 0.6 is 11.3 Å². The van der Waals surface area contributed by atoms with Crippen LogP contribution in [-0.4, -0.2) is 27.7 Å². The first-order chi connectivity index (χ1) is 13.7. The third-order valence-corrected chi connectivity index (χ3v) is 5.79. The Balaban J connectivity index is 1.96. The van der Waals surface area contributed by atoms with Crippen LogP contribution in [0.25, 0.3) is 0 Å². The molecule has 0 saturated carbocycles. The lowest BCUT2D eigenvalue weighted by Gasteiger charge is -2.11. The number of aliphatic hydroxyl groups is 1. The van der Waals surface area contributed by atoms with Gasteiger partial charge in [-0.3, -0.25) is 4.98 Å². The third-order valence-electron chi connectivity index (χ3n) is 4.55. The Bertz CT molecular complexity index is 833. The molecule has 3 N–H and O–H groups in total. The summed E-state index contributed by atoms with van der Waals surface area (Å²) in [5.74, 6) is 0. The van der Waals surface area contributed by atoms with Crippen LogP contribution in [0.15, 0.2) is 30.5 Å². The number of halogens is 3. The smallest absolute Gasteiger partial charge is 0.387 e. The van der Waals surface area contributed by atoms with Crippen LogP contribution in [0.3, 0.4) is 0 Å². The molecule has 0 saturated heterocycles. The first-order valence-electron chi connectivity index (χ1n) is 9.64. The Hall–Kier alpha value is -2.06. The topological polar surface area (TPSA) is 80.8 Å². The van der Waals surface area contributed by atoms with Crippen molar-refractivity contribution in [2.24, 2.45) is 0 Å². The minimum absolute atomic E-state index is 0.0893. The van der Waals surface area contributed by atoms with Gasteiger partial charge in [-0.25, -0.2) is 0 Å². The van der Waals surface area contributed by atoms with Crippen molar-refractivity contribution >= 4 is 22.8 Å². The highest BCUT2D eigenvalue weighted by molar-refractivity contribution is 7.12. The van der Waals surface area contributed by atoms with E-state index in [2.05, 4.69) is 11.9 Å². The van der Waals surface area contributed by atoms with Gasteiger partial charge in [0.05, 0.1) is 17.5 Å². The van der Waals surface area contributed by atoms with Gasteiger partial charge < -0.3 is 15.9 Å². The molecule has 0 fully saturated rings. The van der Waals surface area contributed by atoms with Crippen molar-refractivity contribution in [1.82, 2.24) is 4.98 Å². The van der Waals surface area contributed by atoms with Gasteiger partial charge in [0.25, 0.3) is 0 Å². The molecule has 0 aromatic carbocycles. The molecule has 2 aromatic rings. The number of alkyl halides is 3. The zero-order valence-corrected chi connectivity index (χ0v) is 17.2. The fourth-order valence-electron chi connectivity index (χ4n) is 2.89. The number of pyridine rings is 1. The van der Waals surface area contributed by atoms with Gasteiger partial charge in [-0.1, -0.05) is 26.2 Å². The van der Waals surface area contributed by atoms with Crippen LogP contribution in [0, 0.1) is 10.8 Å². The van der Waals surface area contributed by atoms with E-state index in [9.17, 15) is 18.3 Å². The number of hydrogen-bond acceptors (Lipinski definition) is 5. The SMILES string of the molecule is CCCCCCc1ccc(C(O)Cc2ccnc(C(=N)CC(=N)C(F)(F)F)c2)s1. The largest absolute Gasteiger partial charge is 0.429 e. The number of aliphatic hydroxyl groups excluding tert-OH is 1. The van der Waals surface area contributed by atoms with Gasteiger partial charge in [0.1, 0.15) is 5.71 Å². The van der Waals surface area contributed by atoms with E-state index in [4.69, 9.17) is 10.8 Å². The molecule has 1 unspecified atom stereocenters. The quantitative estimate of drug-likeness (QED) is 0.310. The molecule has 0 amide bonds. The van der Waals surface area contributed by atoms with Gasteiger partial charge in [-0.05, 0) is 42.7 Å². The number of aryl methyl sites for hydroxylation is 1. The first-order valence-corrected chi connectivity index (χ1v) is 10.5. The fourth-order valence-corrected chi connectivity index (χ4v) is 3.93. The third kappa shape index (κ3) is 7.36. The predicted molar refractivity (Wildman–Crippen MR) is 110 cm³/mol. The number of hydrogen-bond donors (Lipinski definition) is 3. The zero-order valence-electron chi connectivity index (χ0n) is 16.4. The standard InChI is InChI=1S/C21H26F3N3OS/c1-2-3-4-5-6-15-7-8-19(29-15)18(28)12-14-9-10-27-17(11-14)16(25)13-20(26)21(22,23)24/h7-11,18,25-26,28H,2-6,12-13H2,1H3. The Morgan fingerprint density at radius 2 is 1.93 bits per heavy atom. The van der Waals surface area contributed by atoms with Crippen LogP contribution in [0.4, 0.5) is 13.2 Å². The zero-order chi connectivity index (χ0) is 21.4. The van der Waals surface area contributed by atoms with E-state index in [0.717, 1.165) is 17.7 Å². The van der Waals surface area contributed by atoms with E-state index >= 15 is 0 Å². The highest BCUT2D eigenvalue weighted by Crippen LogP contribution is 2.27. The van der Waals surface area contributed by atoms with E-state index in [-0.39, 0.29) is 17.8 Å². The van der Waals surface area contributed by atoms with Crippen LogP contribution < -0.4 is 0 Å². The van der Waals surface area contributed by atoms with Gasteiger partial charge in [0, 0.05) is 28.8 Å². The Labute approximate surface area is 172 Å². The van der Waals surface area contributed by atoms with Gasteiger partial charge in [0.15, 0.2) is 0 Å². The molecule has 2 heterocycles. The molecule has 0 aliphatic rings. The molecular weight excluding hydrogens is 399 g/mol. The Kier molecular flexibility index (Phi) is 8.52. The van der Waals surface area contributed by atoms with Gasteiger partial charge in [-0.15, -0.1) is 11.3 Å². The summed E-state index contributed by atoms with van der Waals surface area (Å²) in [5, 5.41) is 25.4. The maximum absolute atomic E-state index is 12.5. The lowest BCUT2D eigenvalue weighted by molar-refractivity contribution is -0.0605. The highest BCUT2D eigenvalue weighted by Gasteiger charge is 2.34. The number of nitrogens with one attached hydrogen (secondary N) is 2. The van der Waals surface area contributed by atoms with Crippen molar-refractivity contribution in [1.29, 1.82) is 10.8 Å². The van der Waals surface area contributed by atoms with E-state index < -0.39 is 24.4 Å². The lowest BCUT2D eigenvalue weighted by Crippen LogP contribution is -2.25. The summed E-state index contributed by atoms with van der Waals surface area (Å²) in [6.45, 7) is 2.17. The summed E-state index contributed by atoms with van der Waals surface area (Å²) in [4.78, 5) is 6.02. The molecule has 0 radical (unpaired) electrons. The lowest BCUT2D eigenvalue weighted by atomic mass is 10.0. The summed E-state index contributed by atoms with van der Waals surface area (Å²) >= 11 is 1.58. The summed E-state index contributed by atoms with van der Waals surface area (Å²) in [5.41, 5.74) is -1.07. The van der Waals surface area contributed by atoms with E-state index in [0.29, 0.717) is 5.56 Å². The molecule has 0 aliphatic heterocycles. The van der Waals surface area contributed by atoms with Gasteiger partial charge in [-0.2, -0.15) is 13.2 Å². The summed E-state index contributed by atoms with van der Waals surface area (Å²) in [6, 6.07) is 7.13. The number of unbranched alkanes of at least 4 members (excludes halogenated alkanes) is 3. The second-order valence-corrected chi connectivity index (χ2v) is 8.22. The normalized spacial score (nSPS) is 12.7. The van der Waals surface area contributed by atoms with Gasteiger partial charge >= 0.3 is 6.18 Å². The second-order valence-electron chi connectivity index (χ2n) is 7.02. The van der Waals surface area contributed by atoms with Crippen molar-refractivity contribution < 1.29 is 18.3 Å². The van der Waals surface area contributed by atoms with Crippen molar-refractivity contribution in [2.75, 3.05) is 0 Å². The fraction of sp³-hybridized carbons (Fsp3) is 0.476. The average Bonchev–Trinajstić information content (AvgIpc) is 3.14. The summed E-state index contributed by atoms with van der Waals surface area (Å²) in [7, 11) is 0. The monoisotopic (exact) mass is 425 g/mol. The number of nitrogens with zero attached hydrogens (tertiary/aromatic N) is 1. The molecule has 0 aliphatic carbocycles. The van der Waals surface area contributed by atoms with Crippen LogP contribution in [0.2, 0.25) is 0 Å².